The first-order valence-electron chi connectivity index (χ1n) is 10.0. The minimum atomic E-state index is -0.265. The highest BCUT2D eigenvalue weighted by molar-refractivity contribution is 6.32. The molecule has 0 fully saturated rings. The van der Waals surface area contributed by atoms with Crippen LogP contribution in [0.1, 0.15) is 54.7 Å². The number of ether oxygens (including phenoxy) is 1. The minimum Gasteiger partial charge on any atom is -0.492 e. The summed E-state index contributed by atoms with van der Waals surface area (Å²) in [4.78, 5) is 25.6. The van der Waals surface area contributed by atoms with Gasteiger partial charge in [-0.05, 0) is 49.4 Å². The van der Waals surface area contributed by atoms with E-state index in [-0.39, 0.29) is 29.9 Å². The van der Waals surface area contributed by atoms with E-state index in [9.17, 15) is 9.59 Å². The molecular formula is C24H24ClNO3. The van der Waals surface area contributed by atoms with Gasteiger partial charge in [-0.15, -0.1) is 0 Å². The lowest BCUT2D eigenvalue weighted by atomic mass is 9.73. The number of benzene rings is 2. The number of carbonyl (C=O) groups excluding carboxylic acids is 2. The zero-order chi connectivity index (χ0) is 20.5. The Labute approximate surface area is 175 Å². The van der Waals surface area contributed by atoms with Gasteiger partial charge in [-0.1, -0.05) is 47.5 Å². The number of hydrogen-bond acceptors (Lipinski definition) is 3. The molecule has 0 spiro atoms. The number of Topliss-reactive ketones (excluding diaryl/α,β-unsaturated/α-hetero) is 1. The van der Waals surface area contributed by atoms with Crippen LogP contribution < -0.4 is 10.1 Å². The van der Waals surface area contributed by atoms with Crippen molar-refractivity contribution in [3.63, 3.8) is 0 Å². The van der Waals surface area contributed by atoms with Gasteiger partial charge in [0.25, 0.3) is 0 Å². The lowest BCUT2D eigenvalue weighted by molar-refractivity contribution is -0.122. The first kappa shape index (κ1) is 19.7. The molecule has 2 aromatic carbocycles. The number of amides is 1. The van der Waals surface area contributed by atoms with Crippen molar-refractivity contribution in [2.45, 2.75) is 44.9 Å². The fourth-order valence-corrected chi connectivity index (χ4v) is 4.57. The van der Waals surface area contributed by atoms with Gasteiger partial charge in [0, 0.05) is 30.0 Å². The summed E-state index contributed by atoms with van der Waals surface area (Å²) in [5, 5.41) is 3.47. The zero-order valence-electron chi connectivity index (χ0n) is 16.6. The smallest absolute Gasteiger partial charge is 0.225 e. The van der Waals surface area contributed by atoms with Crippen LogP contribution in [-0.2, 0) is 9.59 Å². The van der Waals surface area contributed by atoms with Gasteiger partial charge in [0.05, 0.1) is 11.6 Å². The predicted octanol–water partition coefficient (Wildman–Crippen LogP) is 5.05. The van der Waals surface area contributed by atoms with E-state index in [1.807, 2.05) is 32.0 Å². The van der Waals surface area contributed by atoms with Crippen LogP contribution in [0.15, 0.2) is 53.7 Å². The molecule has 2 aromatic rings. The highest BCUT2D eigenvalue weighted by Gasteiger charge is 2.38. The third kappa shape index (κ3) is 3.95. The van der Waals surface area contributed by atoms with E-state index < -0.39 is 0 Å². The number of rotatable bonds is 4. The molecular weight excluding hydrogens is 386 g/mol. The highest BCUT2D eigenvalue weighted by atomic mass is 35.5. The molecule has 2 aliphatic rings. The maximum absolute atomic E-state index is 13.2. The number of nitrogens with one attached hydrogen (secondary N) is 1. The summed E-state index contributed by atoms with van der Waals surface area (Å²) < 4.78 is 5.51. The number of halogens is 1. The van der Waals surface area contributed by atoms with Gasteiger partial charge in [0.1, 0.15) is 5.75 Å². The second-order valence-corrected chi connectivity index (χ2v) is 8.17. The molecule has 29 heavy (non-hydrogen) atoms. The van der Waals surface area contributed by atoms with Crippen molar-refractivity contribution in [3.05, 3.63) is 75.4 Å². The molecule has 0 saturated carbocycles. The van der Waals surface area contributed by atoms with Crippen LogP contribution in [0.4, 0.5) is 0 Å². The van der Waals surface area contributed by atoms with E-state index in [0.717, 1.165) is 22.4 Å². The lowest BCUT2D eigenvalue weighted by Crippen LogP contribution is -2.38. The molecule has 5 heteroatoms. The Kier molecular flexibility index (Phi) is 5.46. The molecule has 1 aliphatic heterocycles. The molecule has 0 saturated heterocycles. The van der Waals surface area contributed by atoms with Gasteiger partial charge in [-0.25, -0.2) is 0 Å². The van der Waals surface area contributed by atoms with Crippen LogP contribution in [-0.4, -0.2) is 18.3 Å². The second-order valence-electron chi connectivity index (χ2n) is 7.76. The quantitative estimate of drug-likeness (QED) is 0.768. The van der Waals surface area contributed by atoms with E-state index >= 15 is 0 Å². The average molecular weight is 410 g/mol. The second kappa shape index (κ2) is 8.03. The predicted molar refractivity (Wildman–Crippen MR) is 113 cm³/mol. The van der Waals surface area contributed by atoms with Crippen molar-refractivity contribution in [3.8, 4) is 5.75 Å². The van der Waals surface area contributed by atoms with Crippen LogP contribution in [0.3, 0.4) is 0 Å². The monoisotopic (exact) mass is 409 g/mol. The highest BCUT2D eigenvalue weighted by Crippen LogP contribution is 2.43. The molecule has 150 valence electrons. The molecule has 1 heterocycles. The number of hydrogen-bond donors (Lipinski definition) is 1. The normalized spacial score (nSPS) is 21.6. The van der Waals surface area contributed by atoms with Gasteiger partial charge < -0.3 is 10.1 Å². The summed E-state index contributed by atoms with van der Waals surface area (Å²) in [5.74, 6) is 0.480. The van der Waals surface area contributed by atoms with Crippen molar-refractivity contribution in [2.24, 2.45) is 0 Å². The maximum atomic E-state index is 13.2. The molecule has 1 aliphatic carbocycles. The summed E-state index contributed by atoms with van der Waals surface area (Å²) in [6.07, 6.45) is 1.38. The molecule has 0 aromatic heterocycles. The summed E-state index contributed by atoms with van der Waals surface area (Å²) in [5.41, 5.74) is 4.69. The summed E-state index contributed by atoms with van der Waals surface area (Å²) in [6.45, 7) is 4.47. The molecule has 2 unspecified atom stereocenters. The maximum Gasteiger partial charge on any atom is 0.225 e. The van der Waals surface area contributed by atoms with Crippen LogP contribution in [0, 0.1) is 6.92 Å². The van der Waals surface area contributed by atoms with Gasteiger partial charge in [0.2, 0.25) is 5.91 Å². The van der Waals surface area contributed by atoms with Crippen molar-refractivity contribution in [2.75, 3.05) is 6.61 Å². The number of ketones is 1. The SMILES string of the molecule is CCOc1ccc(C2CC(=O)NC3=C2C(=O)CC(c2ccc(C)cc2)C3)cc1Cl. The van der Waals surface area contributed by atoms with Gasteiger partial charge in [-0.2, -0.15) is 0 Å². The molecule has 4 rings (SSSR count). The van der Waals surface area contributed by atoms with E-state index in [4.69, 9.17) is 16.3 Å². The van der Waals surface area contributed by atoms with Gasteiger partial charge in [-0.3, -0.25) is 9.59 Å². The fourth-order valence-electron chi connectivity index (χ4n) is 4.33. The van der Waals surface area contributed by atoms with Crippen molar-refractivity contribution in [1.82, 2.24) is 5.32 Å². The third-order valence-corrected chi connectivity index (χ3v) is 6.04. The molecule has 1 amide bonds. The Hall–Kier alpha value is -2.59. The minimum absolute atomic E-state index is 0.0592. The third-order valence-electron chi connectivity index (χ3n) is 5.74. The molecule has 0 radical (unpaired) electrons. The molecule has 0 bridgehead atoms. The van der Waals surface area contributed by atoms with E-state index in [1.165, 1.54) is 5.56 Å². The van der Waals surface area contributed by atoms with E-state index in [0.29, 0.717) is 30.2 Å². The van der Waals surface area contributed by atoms with E-state index in [1.54, 1.807) is 0 Å². The Balaban J connectivity index is 1.68. The Morgan fingerprint density at radius 3 is 2.45 bits per heavy atom. The van der Waals surface area contributed by atoms with Gasteiger partial charge >= 0.3 is 0 Å². The Morgan fingerprint density at radius 1 is 1.03 bits per heavy atom. The molecule has 4 nitrogen and oxygen atoms in total. The van der Waals surface area contributed by atoms with Crippen molar-refractivity contribution >= 4 is 23.3 Å². The zero-order valence-corrected chi connectivity index (χ0v) is 17.4. The topological polar surface area (TPSA) is 55.4 Å². The molecule has 1 N–H and O–H groups in total. The van der Waals surface area contributed by atoms with E-state index in [2.05, 4.69) is 29.6 Å². The summed E-state index contributed by atoms with van der Waals surface area (Å²) >= 11 is 6.36. The van der Waals surface area contributed by atoms with Crippen LogP contribution in [0.5, 0.6) is 5.75 Å². The number of aryl methyl sites for hydroxylation is 1. The van der Waals surface area contributed by atoms with Crippen LogP contribution in [0.25, 0.3) is 0 Å². The van der Waals surface area contributed by atoms with Crippen molar-refractivity contribution in [1.29, 1.82) is 0 Å². The van der Waals surface area contributed by atoms with Crippen LogP contribution >= 0.6 is 11.6 Å². The van der Waals surface area contributed by atoms with Crippen molar-refractivity contribution < 1.29 is 14.3 Å². The Morgan fingerprint density at radius 2 is 1.76 bits per heavy atom. The van der Waals surface area contributed by atoms with Crippen LogP contribution in [0.2, 0.25) is 5.02 Å². The number of carbonyl (C=O) groups is 2. The summed E-state index contributed by atoms with van der Waals surface area (Å²) in [6, 6.07) is 13.8. The fraction of sp³-hybridized carbons (Fsp3) is 0.333. The summed E-state index contributed by atoms with van der Waals surface area (Å²) in [7, 11) is 0. The number of allylic oxidation sites excluding steroid dienone is 2. The average Bonchev–Trinajstić information content (AvgIpc) is 2.69. The standard InChI is InChI=1S/C24H24ClNO3/c1-3-29-22-9-8-16(10-19(22)25)18-13-23(28)26-20-11-17(12-21(27)24(18)20)15-6-4-14(2)5-7-15/h4-10,17-18H,3,11-13H2,1-2H3,(H,26,28). The Bertz CT molecular complexity index is 994. The lowest BCUT2D eigenvalue weighted by Gasteiger charge is -2.34. The first-order chi connectivity index (χ1) is 14.0. The first-order valence-corrected chi connectivity index (χ1v) is 10.4. The molecule has 2 atom stereocenters. The van der Waals surface area contributed by atoms with Gasteiger partial charge in [0.15, 0.2) is 5.78 Å². The largest absolute Gasteiger partial charge is 0.492 e.